The summed E-state index contributed by atoms with van der Waals surface area (Å²) >= 11 is 0. The molecule has 2 rings (SSSR count). The maximum Gasteiger partial charge on any atom is 0.346 e. The van der Waals surface area contributed by atoms with Crippen LogP contribution in [0.2, 0.25) is 0 Å². The largest absolute Gasteiger partial charge is 0.346 e. The topological polar surface area (TPSA) is 73.0 Å². The van der Waals surface area contributed by atoms with E-state index in [2.05, 4.69) is 17.0 Å². The van der Waals surface area contributed by atoms with E-state index in [9.17, 15) is 9.59 Å². The molecule has 0 aliphatic carbocycles. The van der Waals surface area contributed by atoms with Crippen molar-refractivity contribution in [3.63, 3.8) is 0 Å². The highest BCUT2D eigenvalue weighted by molar-refractivity contribution is 5.76. The molecule has 0 bridgehead atoms. The third-order valence-electron chi connectivity index (χ3n) is 4.52. The molecule has 0 radical (unpaired) electrons. The summed E-state index contributed by atoms with van der Waals surface area (Å²) in [5.41, 5.74) is 0.785. The van der Waals surface area contributed by atoms with E-state index in [-0.39, 0.29) is 24.2 Å². The SMILES string of the molecule is CCCCc1nn(CC(=O)N(C)[C@@H](C)c2ccncc2)c(=O)n1CC. The van der Waals surface area contributed by atoms with Crippen LogP contribution in [-0.2, 0) is 24.3 Å². The van der Waals surface area contributed by atoms with Gasteiger partial charge in [0, 0.05) is 32.4 Å². The second-order valence-corrected chi connectivity index (χ2v) is 6.17. The smallest absolute Gasteiger partial charge is 0.337 e. The lowest BCUT2D eigenvalue weighted by Gasteiger charge is -2.25. The number of amides is 1. The summed E-state index contributed by atoms with van der Waals surface area (Å²) < 4.78 is 2.93. The highest BCUT2D eigenvalue weighted by Gasteiger charge is 2.20. The monoisotopic (exact) mass is 345 g/mol. The zero-order valence-corrected chi connectivity index (χ0v) is 15.5. The van der Waals surface area contributed by atoms with E-state index in [1.807, 2.05) is 26.0 Å². The van der Waals surface area contributed by atoms with Crippen LogP contribution in [0.3, 0.4) is 0 Å². The van der Waals surface area contributed by atoms with Gasteiger partial charge in [-0.15, -0.1) is 0 Å². The number of unbranched alkanes of at least 4 members (excludes halogenated alkanes) is 1. The van der Waals surface area contributed by atoms with Crippen molar-refractivity contribution >= 4 is 5.91 Å². The van der Waals surface area contributed by atoms with Crippen LogP contribution in [0.5, 0.6) is 0 Å². The molecule has 1 amide bonds. The quantitative estimate of drug-likeness (QED) is 0.734. The van der Waals surface area contributed by atoms with E-state index < -0.39 is 0 Å². The molecule has 0 aliphatic rings. The van der Waals surface area contributed by atoms with Gasteiger partial charge in [-0.3, -0.25) is 14.3 Å². The van der Waals surface area contributed by atoms with Crippen molar-refractivity contribution in [2.45, 2.75) is 59.2 Å². The van der Waals surface area contributed by atoms with Crippen LogP contribution in [-0.4, -0.2) is 37.2 Å². The Balaban J connectivity index is 2.14. The highest BCUT2D eigenvalue weighted by atomic mass is 16.2. The number of carbonyl (C=O) groups is 1. The first-order chi connectivity index (χ1) is 12.0. The van der Waals surface area contributed by atoms with Crippen molar-refractivity contribution in [1.29, 1.82) is 0 Å². The second kappa shape index (κ2) is 8.60. The van der Waals surface area contributed by atoms with Gasteiger partial charge >= 0.3 is 5.69 Å². The van der Waals surface area contributed by atoms with Crippen molar-refractivity contribution in [1.82, 2.24) is 24.2 Å². The van der Waals surface area contributed by atoms with Gasteiger partial charge in [0.2, 0.25) is 5.91 Å². The molecule has 7 nitrogen and oxygen atoms in total. The normalized spacial score (nSPS) is 12.2. The molecule has 25 heavy (non-hydrogen) atoms. The van der Waals surface area contributed by atoms with Gasteiger partial charge in [-0.25, -0.2) is 9.48 Å². The molecule has 0 saturated heterocycles. The standard InChI is InChI=1S/C18H27N5O2/c1-5-7-8-16-20-23(18(25)22(16)6-2)13-17(24)21(4)14(3)15-9-11-19-12-10-15/h9-12,14H,5-8,13H2,1-4H3/t14-/m0/s1. The number of carbonyl (C=O) groups excluding carboxylic acids is 1. The third-order valence-corrected chi connectivity index (χ3v) is 4.52. The van der Waals surface area contributed by atoms with Gasteiger partial charge in [0.05, 0.1) is 6.04 Å². The number of pyridine rings is 1. The van der Waals surface area contributed by atoms with Crippen molar-refractivity contribution in [2.24, 2.45) is 0 Å². The van der Waals surface area contributed by atoms with Crippen LogP contribution in [0, 0.1) is 0 Å². The van der Waals surface area contributed by atoms with Gasteiger partial charge in [-0.1, -0.05) is 13.3 Å². The van der Waals surface area contributed by atoms with Gasteiger partial charge in [0.15, 0.2) is 0 Å². The van der Waals surface area contributed by atoms with E-state index in [4.69, 9.17) is 0 Å². The molecule has 7 heteroatoms. The molecule has 0 unspecified atom stereocenters. The number of likely N-dealkylation sites (N-methyl/N-ethyl adjacent to an activating group) is 1. The number of hydrogen-bond donors (Lipinski definition) is 0. The van der Waals surface area contributed by atoms with Gasteiger partial charge in [0.1, 0.15) is 12.4 Å². The van der Waals surface area contributed by atoms with Crippen molar-refractivity contribution < 1.29 is 4.79 Å². The Labute approximate surface area is 148 Å². The van der Waals surface area contributed by atoms with Gasteiger partial charge in [0.25, 0.3) is 0 Å². The van der Waals surface area contributed by atoms with E-state index in [1.165, 1.54) is 4.68 Å². The van der Waals surface area contributed by atoms with Crippen molar-refractivity contribution in [3.05, 3.63) is 46.4 Å². The summed E-state index contributed by atoms with van der Waals surface area (Å²) in [6.07, 6.45) is 6.18. The average Bonchev–Trinajstić information content (AvgIpc) is 2.93. The van der Waals surface area contributed by atoms with Gasteiger partial charge < -0.3 is 4.90 Å². The molecular formula is C18H27N5O2. The molecule has 0 N–H and O–H groups in total. The van der Waals surface area contributed by atoms with E-state index >= 15 is 0 Å². The van der Waals surface area contributed by atoms with Crippen LogP contribution in [0.1, 0.15) is 51.0 Å². The van der Waals surface area contributed by atoms with Crippen LogP contribution >= 0.6 is 0 Å². The molecule has 1 atom stereocenters. The fourth-order valence-corrected chi connectivity index (χ4v) is 2.75. The summed E-state index contributed by atoms with van der Waals surface area (Å²) in [7, 11) is 1.74. The summed E-state index contributed by atoms with van der Waals surface area (Å²) in [6, 6.07) is 3.67. The number of nitrogens with zero attached hydrogens (tertiary/aromatic N) is 5. The Morgan fingerprint density at radius 1 is 1.28 bits per heavy atom. The summed E-state index contributed by atoms with van der Waals surface area (Å²) in [4.78, 5) is 30.7. The molecule has 0 fully saturated rings. The first kappa shape index (κ1) is 18.9. The first-order valence-corrected chi connectivity index (χ1v) is 8.81. The Kier molecular flexibility index (Phi) is 6.50. The number of aromatic nitrogens is 4. The predicted molar refractivity (Wildman–Crippen MR) is 96.2 cm³/mol. The minimum Gasteiger partial charge on any atom is -0.337 e. The Hall–Kier alpha value is -2.44. The summed E-state index contributed by atoms with van der Waals surface area (Å²) in [5, 5.41) is 4.38. The molecule has 2 aromatic rings. The van der Waals surface area contributed by atoms with E-state index in [1.54, 1.807) is 28.9 Å². The fraction of sp³-hybridized carbons (Fsp3) is 0.556. The second-order valence-electron chi connectivity index (χ2n) is 6.17. The lowest BCUT2D eigenvalue weighted by Crippen LogP contribution is -2.36. The zero-order valence-electron chi connectivity index (χ0n) is 15.5. The predicted octanol–water partition coefficient (Wildman–Crippen LogP) is 2.02. The maximum atomic E-state index is 12.6. The zero-order chi connectivity index (χ0) is 18.4. The molecule has 0 aliphatic heterocycles. The lowest BCUT2D eigenvalue weighted by molar-refractivity contribution is -0.132. The first-order valence-electron chi connectivity index (χ1n) is 8.81. The van der Waals surface area contributed by atoms with Crippen LogP contribution in [0.25, 0.3) is 0 Å². The molecule has 136 valence electrons. The Bertz CT molecular complexity index is 751. The average molecular weight is 345 g/mol. The van der Waals surface area contributed by atoms with Crippen molar-refractivity contribution in [3.8, 4) is 0 Å². The van der Waals surface area contributed by atoms with E-state index in [0.29, 0.717) is 6.54 Å². The molecule has 2 heterocycles. The highest BCUT2D eigenvalue weighted by Crippen LogP contribution is 2.17. The fourth-order valence-electron chi connectivity index (χ4n) is 2.75. The van der Waals surface area contributed by atoms with Crippen LogP contribution < -0.4 is 5.69 Å². The van der Waals surface area contributed by atoms with Gasteiger partial charge in [-0.2, -0.15) is 5.10 Å². The van der Waals surface area contributed by atoms with Crippen molar-refractivity contribution in [2.75, 3.05) is 7.05 Å². The molecular weight excluding hydrogens is 318 g/mol. The van der Waals surface area contributed by atoms with Gasteiger partial charge in [-0.05, 0) is 38.0 Å². The molecule has 0 saturated carbocycles. The lowest BCUT2D eigenvalue weighted by atomic mass is 10.1. The number of hydrogen-bond acceptors (Lipinski definition) is 4. The minimum atomic E-state index is -0.216. The van der Waals surface area contributed by atoms with Crippen LogP contribution in [0.4, 0.5) is 0 Å². The maximum absolute atomic E-state index is 12.6. The van der Waals surface area contributed by atoms with E-state index in [0.717, 1.165) is 30.7 Å². The molecule has 0 aromatic carbocycles. The third kappa shape index (κ3) is 4.35. The molecule has 2 aromatic heterocycles. The summed E-state index contributed by atoms with van der Waals surface area (Å²) in [5.74, 6) is 0.612. The van der Waals surface area contributed by atoms with Crippen LogP contribution in [0.15, 0.2) is 29.3 Å². The summed E-state index contributed by atoms with van der Waals surface area (Å²) in [6.45, 7) is 6.49. The number of rotatable bonds is 8. The Morgan fingerprint density at radius 3 is 2.56 bits per heavy atom. The molecule has 0 spiro atoms. The minimum absolute atomic E-state index is 0.0448. The number of aryl methyl sites for hydroxylation is 1. The Morgan fingerprint density at radius 2 is 1.96 bits per heavy atom.